The topological polar surface area (TPSA) is 59.0 Å². The number of nitriles is 1. The summed E-state index contributed by atoms with van der Waals surface area (Å²) in [6.45, 7) is 8.75. The summed E-state index contributed by atoms with van der Waals surface area (Å²) in [5.74, 6) is 0.795. The molecule has 0 heterocycles. The maximum atomic E-state index is 8.58. The van der Waals surface area contributed by atoms with Crippen molar-refractivity contribution in [1.82, 2.24) is 0 Å². The van der Waals surface area contributed by atoms with Crippen molar-refractivity contribution in [3.8, 4) is 11.8 Å². The van der Waals surface area contributed by atoms with Crippen LogP contribution in [0.1, 0.15) is 31.9 Å². The first-order valence-corrected chi connectivity index (χ1v) is 5.73. The SMILES string of the molecule is Cc1cc(C(C)(C)C)ccc1OCC(N)C#N. The van der Waals surface area contributed by atoms with Gasteiger partial charge in [-0.1, -0.05) is 32.9 Å². The second kappa shape index (κ2) is 5.20. The number of aryl methyl sites for hydroxylation is 1. The third-order valence-electron chi connectivity index (χ3n) is 2.63. The Kier molecular flexibility index (Phi) is 4.14. The van der Waals surface area contributed by atoms with Crippen molar-refractivity contribution in [3.05, 3.63) is 29.3 Å². The van der Waals surface area contributed by atoms with Gasteiger partial charge in [-0.15, -0.1) is 0 Å². The minimum Gasteiger partial charge on any atom is -0.491 e. The number of nitrogens with zero attached hydrogens (tertiary/aromatic N) is 1. The lowest BCUT2D eigenvalue weighted by molar-refractivity contribution is 0.306. The average Bonchev–Trinajstić information content (AvgIpc) is 2.25. The van der Waals surface area contributed by atoms with Crippen LogP contribution in [-0.4, -0.2) is 12.6 Å². The van der Waals surface area contributed by atoms with E-state index >= 15 is 0 Å². The van der Waals surface area contributed by atoms with Gasteiger partial charge in [0.25, 0.3) is 0 Å². The summed E-state index contributed by atoms with van der Waals surface area (Å²) in [5.41, 5.74) is 7.96. The van der Waals surface area contributed by atoms with E-state index in [1.807, 2.05) is 19.1 Å². The molecule has 17 heavy (non-hydrogen) atoms. The van der Waals surface area contributed by atoms with Gasteiger partial charge in [0, 0.05) is 0 Å². The Morgan fingerprint density at radius 1 is 1.41 bits per heavy atom. The number of ether oxygens (including phenoxy) is 1. The summed E-state index contributed by atoms with van der Waals surface area (Å²) >= 11 is 0. The predicted molar refractivity (Wildman–Crippen MR) is 69.0 cm³/mol. The maximum absolute atomic E-state index is 8.58. The van der Waals surface area contributed by atoms with Crippen molar-refractivity contribution in [2.45, 2.75) is 39.2 Å². The second-order valence-corrected chi connectivity index (χ2v) is 5.28. The van der Waals surface area contributed by atoms with Crippen LogP contribution in [0.3, 0.4) is 0 Å². The fourth-order valence-corrected chi connectivity index (χ4v) is 1.49. The van der Waals surface area contributed by atoms with Gasteiger partial charge in [0.05, 0.1) is 6.07 Å². The molecule has 0 spiro atoms. The molecule has 92 valence electrons. The summed E-state index contributed by atoms with van der Waals surface area (Å²) in [6, 6.07) is 7.49. The summed E-state index contributed by atoms with van der Waals surface area (Å²) < 4.78 is 5.51. The predicted octanol–water partition coefficient (Wildman–Crippen LogP) is 2.52. The standard InChI is InChI=1S/C14H20N2O/c1-10-7-11(14(2,3)4)5-6-13(10)17-9-12(16)8-15/h5-7,12H,9,16H2,1-4H3. The molecule has 1 rings (SSSR count). The largest absolute Gasteiger partial charge is 0.491 e. The monoisotopic (exact) mass is 232 g/mol. The highest BCUT2D eigenvalue weighted by molar-refractivity contribution is 5.38. The van der Waals surface area contributed by atoms with Gasteiger partial charge in [-0.2, -0.15) is 5.26 Å². The van der Waals surface area contributed by atoms with Gasteiger partial charge < -0.3 is 10.5 Å². The molecule has 1 unspecified atom stereocenters. The Morgan fingerprint density at radius 3 is 2.53 bits per heavy atom. The highest BCUT2D eigenvalue weighted by Crippen LogP contribution is 2.27. The first-order valence-electron chi connectivity index (χ1n) is 5.73. The van der Waals surface area contributed by atoms with Crippen LogP contribution in [-0.2, 0) is 5.41 Å². The van der Waals surface area contributed by atoms with Crippen LogP contribution in [0.2, 0.25) is 0 Å². The Balaban J connectivity index is 2.81. The van der Waals surface area contributed by atoms with E-state index in [1.165, 1.54) is 5.56 Å². The van der Waals surface area contributed by atoms with Crippen molar-refractivity contribution in [2.24, 2.45) is 5.73 Å². The van der Waals surface area contributed by atoms with E-state index in [2.05, 4.69) is 32.9 Å². The van der Waals surface area contributed by atoms with Crippen LogP contribution in [0.15, 0.2) is 18.2 Å². The minimum atomic E-state index is -0.573. The van der Waals surface area contributed by atoms with E-state index in [4.69, 9.17) is 15.7 Å². The fraction of sp³-hybridized carbons (Fsp3) is 0.500. The molecule has 1 aromatic carbocycles. The zero-order valence-electron chi connectivity index (χ0n) is 10.9. The summed E-state index contributed by atoms with van der Waals surface area (Å²) in [7, 11) is 0. The molecular weight excluding hydrogens is 212 g/mol. The Hall–Kier alpha value is -1.53. The van der Waals surface area contributed by atoms with Gasteiger partial charge >= 0.3 is 0 Å². The molecule has 0 bridgehead atoms. The lowest BCUT2D eigenvalue weighted by Gasteiger charge is -2.20. The van der Waals surface area contributed by atoms with Crippen molar-refractivity contribution < 1.29 is 4.74 Å². The van der Waals surface area contributed by atoms with E-state index < -0.39 is 6.04 Å². The number of hydrogen-bond acceptors (Lipinski definition) is 3. The van der Waals surface area contributed by atoms with E-state index in [9.17, 15) is 0 Å². The molecule has 0 radical (unpaired) electrons. The quantitative estimate of drug-likeness (QED) is 0.871. The lowest BCUT2D eigenvalue weighted by atomic mass is 9.86. The van der Waals surface area contributed by atoms with Crippen molar-refractivity contribution >= 4 is 0 Å². The Morgan fingerprint density at radius 2 is 2.06 bits per heavy atom. The molecule has 0 saturated carbocycles. The summed E-state index contributed by atoms with van der Waals surface area (Å²) in [6.07, 6.45) is 0. The van der Waals surface area contributed by atoms with Crippen LogP contribution in [0, 0.1) is 18.3 Å². The Labute approximate surface area is 103 Å². The molecule has 1 aromatic rings. The van der Waals surface area contributed by atoms with Gasteiger partial charge in [0.2, 0.25) is 0 Å². The molecule has 0 aliphatic rings. The fourth-order valence-electron chi connectivity index (χ4n) is 1.49. The van der Waals surface area contributed by atoms with Crippen LogP contribution in [0.25, 0.3) is 0 Å². The van der Waals surface area contributed by atoms with Crippen molar-refractivity contribution in [1.29, 1.82) is 5.26 Å². The number of nitrogens with two attached hydrogens (primary N) is 1. The molecule has 0 fully saturated rings. The van der Waals surface area contributed by atoms with Crippen LogP contribution in [0.4, 0.5) is 0 Å². The normalized spacial score (nSPS) is 12.9. The van der Waals surface area contributed by atoms with Crippen molar-refractivity contribution in [3.63, 3.8) is 0 Å². The molecule has 0 aliphatic carbocycles. The molecule has 0 saturated heterocycles. The maximum Gasteiger partial charge on any atom is 0.127 e. The Bertz CT molecular complexity index is 427. The number of hydrogen-bond donors (Lipinski definition) is 1. The minimum absolute atomic E-state index is 0.131. The van der Waals surface area contributed by atoms with Gasteiger partial charge in [0.1, 0.15) is 18.4 Å². The smallest absolute Gasteiger partial charge is 0.127 e. The van der Waals surface area contributed by atoms with Gasteiger partial charge in [-0.25, -0.2) is 0 Å². The summed E-state index contributed by atoms with van der Waals surface area (Å²) in [4.78, 5) is 0. The molecule has 3 heteroatoms. The van der Waals surface area contributed by atoms with E-state index in [0.29, 0.717) is 0 Å². The average molecular weight is 232 g/mol. The van der Waals surface area contributed by atoms with Gasteiger partial charge in [-0.3, -0.25) is 0 Å². The zero-order chi connectivity index (χ0) is 13.1. The van der Waals surface area contributed by atoms with E-state index in [1.54, 1.807) is 0 Å². The third-order valence-corrected chi connectivity index (χ3v) is 2.63. The summed E-state index contributed by atoms with van der Waals surface area (Å²) in [5, 5.41) is 8.58. The molecule has 0 aliphatic heterocycles. The van der Waals surface area contributed by atoms with E-state index in [-0.39, 0.29) is 12.0 Å². The molecule has 2 N–H and O–H groups in total. The van der Waals surface area contributed by atoms with Crippen LogP contribution < -0.4 is 10.5 Å². The van der Waals surface area contributed by atoms with Crippen LogP contribution in [0.5, 0.6) is 5.75 Å². The molecule has 3 nitrogen and oxygen atoms in total. The molecule has 1 atom stereocenters. The van der Waals surface area contributed by atoms with Crippen molar-refractivity contribution in [2.75, 3.05) is 6.61 Å². The van der Waals surface area contributed by atoms with Gasteiger partial charge in [-0.05, 0) is 29.5 Å². The van der Waals surface area contributed by atoms with Gasteiger partial charge in [0.15, 0.2) is 0 Å². The molecular formula is C14H20N2O. The molecule has 0 amide bonds. The highest BCUT2D eigenvalue weighted by Gasteiger charge is 2.14. The highest BCUT2D eigenvalue weighted by atomic mass is 16.5. The lowest BCUT2D eigenvalue weighted by Crippen LogP contribution is -2.25. The van der Waals surface area contributed by atoms with Crippen LogP contribution >= 0.6 is 0 Å². The number of benzene rings is 1. The number of rotatable bonds is 3. The molecule has 0 aromatic heterocycles. The second-order valence-electron chi connectivity index (χ2n) is 5.28. The third kappa shape index (κ3) is 3.76. The first-order chi connectivity index (χ1) is 7.84. The zero-order valence-corrected chi connectivity index (χ0v) is 10.9. The van der Waals surface area contributed by atoms with E-state index in [0.717, 1.165) is 11.3 Å². The first kappa shape index (κ1) is 13.5.